The third-order valence-corrected chi connectivity index (χ3v) is 3.14. The van der Waals surface area contributed by atoms with Crippen LogP contribution in [0.25, 0.3) is 5.52 Å². The zero-order valence-electron chi connectivity index (χ0n) is 10.5. The summed E-state index contributed by atoms with van der Waals surface area (Å²) in [5.41, 5.74) is 2.37. The maximum Gasteiger partial charge on any atom is 0.251 e. The molecule has 0 saturated heterocycles. The Balaban J connectivity index is 1.70. The van der Waals surface area contributed by atoms with Crippen molar-refractivity contribution in [2.24, 2.45) is 0 Å². The fourth-order valence-electron chi connectivity index (χ4n) is 1.86. The summed E-state index contributed by atoms with van der Waals surface area (Å²) in [7, 11) is 0. The molecule has 0 spiro atoms. The first kappa shape index (κ1) is 12.6. The second-order valence-electron chi connectivity index (χ2n) is 4.31. The van der Waals surface area contributed by atoms with Crippen LogP contribution in [0.2, 0.25) is 5.15 Å². The molecule has 3 aromatic heterocycles. The van der Waals surface area contributed by atoms with E-state index in [1.807, 2.05) is 10.5 Å². The molecule has 0 atom stereocenters. The standard InChI is InChI=1S/C14H11ClN4O/c15-13-2-1-10(6-17-13)7-18-14(20)11-3-4-19-9-16-8-12(19)5-11/h1-6,8-9H,7H2,(H,18,20). The van der Waals surface area contributed by atoms with Gasteiger partial charge in [0.1, 0.15) is 5.15 Å². The summed E-state index contributed by atoms with van der Waals surface area (Å²) in [5, 5.41) is 3.28. The van der Waals surface area contributed by atoms with Crippen LogP contribution in [-0.4, -0.2) is 20.3 Å². The lowest BCUT2D eigenvalue weighted by molar-refractivity contribution is 0.0951. The summed E-state index contributed by atoms with van der Waals surface area (Å²) in [6, 6.07) is 7.07. The van der Waals surface area contributed by atoms with Crippen LogP contribution >= 0.6 is 11.6 Å². The van der Waals surface area contributed by atoms with Crippen LogP contribution in [0.3, 0.4) is 0 Å². The van der Waals surface area contributed by atoms with Gasteiger partial charge in [0.2, 0.25) is 0 Å². The lowest BCUT2D eigenvalue weighted by Crippen LogP contribution is -2.22. The van der Waals surface area contributed by atoms with Crippen molar-refractivity contribution >= 4 is 23.0 Å². The van der Waals surface area contributed by atoms with Gasteiger partial charge in [0.05, 0.1) is 18.0 Å². The van der Waals surface area contributed by atoms with Crippen LogP contribution in [0.4, 0.5) is 0 Å². The van der Waals surface area contributed by atoms with E-state index in [1.165, 1.54) is 0 Å². The van der Waals surface area contributed by atoms with Gasteiger partial charge in [-0.05, 0) is 23.8 Å². The van der Waals surface area contributed by atoms with Crippen molar-refractivity contribution in [1.82, 2.24) is 19.7 Å². The van der Waals surface area contributed by atoms with Crippen molar-refractivity contribution in [2.75, 3.05) is 0 Å². The molecule has 1 N–H and O–H groups in total. The van der Waals surface area contributed by atoms with Gasteiger partial charge in [-0.3, -0.25) is 4.79 Å². The molecule has 0 unspecified atom stereocenters. The molecular weight excluding hydrogens is 276 g/mol. The first-order chi connectivity index (χ1) is 9.72. The number of aromatic nitrogens is 3. The SMILES string of the molecule is O=C(NCc1ccc(Cl)nc1)c1ccn2cncc2c1. The Labute approximate surface area is 120 Å². The Bertz CT molecular complexity index is 751. The molecule has 100 valence electrons. The Hall–Kier alpha value is -2.40. The van der Waals surface area contributed by atoms with E-state index in [9.17, 15) is 4.79 Å². The van der Waals surface area contributed by atoms with Gasteiger partial charge in [0.25, 0.3) is 5.91 Å². The lowest BCUT2D eigenvalue weighted by atomic mass is 10.2. The number of nitrogens with zero attached hydrogens (tertiary/aromatic N) is 3. The van der Waals surface area contributed by atoms with Gasteiger partial charge in [-0.15, -0.1) is 0 Å². The fraction of sp³-hybridized carbons (Fsp3) is 0.0714. The normalized spacial score (nSPS) is 10.7. The van der Waals surface area contributed by atoms with Gasteiger partial charge in [0, 0.05) is 24.5 Å². The quantitative estimate of drug-likeness (QED) is 0.752. The average molecular weight is 287 g/mol. The third-order valence-electron chi connectivity index (χ3n) is 2.92. The van der Waals surface area contributed by atoms with Crippen LogP contribution in [0.5, 0.6) is 0 Å². The number of amides is 1. The number of pyridine rings is 2. The highest BCUT2D eigenvalue weighted by molar-refractivity contribution is 6.29. The number of carbonyl (C=O) groups is 1. The molecule has 0 aliphatic carbocycles. The number of hydrogen-bond acceptors (Lipinski definition) is 3. The van der Waals surface area contributed by atoms with Crippen LogP contribution in [0.15, 0.2) is 49.2 Å². The van der Waals surface area contributed by atoms with Crippen LogP contribution < -0.4 is 5.32 Å². The van der Waals surface area contributed by atoms with Crippen molar-refractivity contribution in [2.45, 2.75) is 6.54 Å². The van der Waals surface area contributed by atoms with Crippen molar-refractivity contribution in [3.05, 3.63) is 65.5 Å². The monoisotopic (exact) mass is 286 g/mol. The zero-order valence-corrected chi connectivity index (χ0v) is 11.2. The topological polar surface area (TPSA) is 59.3 Å². The van der Waals surface area contributed by atoms with E-state index >= 15 is 0 Å². The fourth-order valence-corrected chi connectivity index (χ4v) is 1.97. The number of fused-ring (bicyclic) bond motifs is 1. The van der Waals surface area contributed by atoms with Crippen molar-refractivity contribution in [3.8, 4) is 0 Å². The molecule has 0 fully saturated rings. The number of rotatable bonds is 3. The molecule has 0 bridgehead atoms. The van der Waals surface area contributed by atoms with Crippen molar-refractivity contribution in [3.63, 3.8) is 0 Å². The second kappa shape index (κ2) is 5.30. The summed E-state index contributed by atoms with van der Waals surface area (Å²) in [6.07, 6.45) is 6.85. The van der Waals surface area contributed by atoms with Crippen LogP contribution in [-0.2, 0) is 6.54 Å². The number of halogens is 1. The second-order valence-corrected chi connectivity index (χ2v) is 4.70. The highest BCUT2D eigenvalue weighted by atomic mass is 35.5. The first-order valence-electron chi connectivity index (χ1n) is 6.03. The van der Waals surface area contributed by atoms with Crippen LogP contribution in [0.1, 0.15) is 15.9 Å². The molecule has 6 heteroatoms. The minimum Gasteiger partial charge on any atom is -0.348 e. The Kier molecular flexibility index (Phi) is 3.35. The van der Waals surface area contributed by atoms with Gasteiger partial charge in [-0.25, -0.2) is 9.97 Å². The molecule has 0 aliphatic rings. The number of imidazole rings is 1. The van der Waals surface area contributed by atoms with Gasteiger partial charge in [0.15, 0.2) is 0 Å². The smallest absolute Gasteiger partial charge is 0.251 e. The average Bonchev–Trinajstić information content (AvgIpc) is 2.93. The minimum absolute atomic E-state index is 0.136. The summed E-state index contributed by atoms with van der Waals surface area (Å²) >= 11 is 5.71. The maximum absolute atomic E-state index is 12.1. The number of nitrogens with one attached hydrogen (secondary N) is 1. The molecule has 0 aromatic carbocycles. The Morgan fingerprint density at radius 2 is 2.20 bits per heavy atom. The Morgan fingerprint density at radius 1 is 1.30 bits per heavy atom. The number of hydrogen-bond donors (Lipinski definition) is 1. The predicted molar refractivity (Wildman–Crippen MR) is 75.6 cm³/mol. The van der Waals surface area contributed by atoms with Crippen molar-refractivity contribution < 1.29 is 4.79 Å². The number of carbonyl (C=O) groups excluding carboxylic acids is 1. The molecule has 1 amide bonds. The molecule has 3 heterocycles. The maximum atomic E-state index is 12.1. The molecule has 3 aromatic rings. The summed E-state index contributed by atoms with van der Waals surface area (Å²) in [6.45, 7) is 0.410. The van der Waals surface area contributed by atoms with E-state index in [1.54, 1.807) is 43.1 Å². The molecule has 0 radical (unpaired) electrons. The van der Waals surface area contributed by atoms with E-state index < -0.39 is 0 Å². The molecule has 0 saturated carbocycles. The molecule has 3 rings (SSSR count). The zero-order chi connectivity index (χ0) is 13.9. The van der Waals surface area contributed by atoms with Gasteiger partial charge >= 0.3 is 0 Å². The lowest BCUT2D eigenvalue weighted by Gasteiger charge is -2.05. The predicted octanol–water partition coefficient (Wildman–Crippen LogP) is 2.31. The van der Waals surface area contributed by atoms with Crippen LogP contribution in [0, 0.1) is 0 Å². The summed E-state index contributed by atoms with van der Waals surface area (Å²) < 4.78 is 1.85. The van der Waals surface area contributed by atoms with E-state index in [4.69, 9.17) is 11.6 Å². The van der Waals surface area contributed by atoms with E-state index in [0.29, 0.717) is 17.3 Å². The summed E-state index contributed by atoms with van der Waals surface area (Å²) in [4.78, 5) is 20.0. The van der Waals surface area contributed by atoms with Gasteiger partial charge in [-0.1, -0.05) is 17.7 Å². The molecule has 0 aliphatic heterocycles. The van der Waals surface area contributed by atoms with Gasteiger partial charge in [-0.2, -0.15) is 0 Å². The van der Waals surface area contributed by atoms with Crippen molar-refractivity contribution in [1.29, 1.82) is 0 Å². The minimum atomic E-state index is -0.136. The first-order valence-corrected chi connectivity index (χ1v) is 6.40. The van der Waals surface area contributed by atoms with E-state index in [0.717, 1.165) is 11.1 Å². The van der Waals surface area contributed by atoms with E-state index in [2.05, 4.69) is 15.3 Å². The molecule has 5 nitrogen and oxygen atoms in total. The van der Waals surface area contributed by atoms with E-state index in [-0.39, 0.29) is 5.91 Å². The highest BCUT2D eigenvalue weighted by Gasteiger charge is 2.06. The molecule has 20 heavy (non-hydrogen) atoms. The highest BCUT2D eigenvalue weighted by Crippen LogP contribution is 2.08. The third kappa shape index (κ3) is 2.62. The van der Waals surface area contributed by atoms with Gasteiger partial charge < -0.3 is 9.72 Å². The summed E-state index contributed by atoms with van der Waals surface area (Å²) in [5.74, 6) is -0.136. The Morgan fingerprint density at radius 3 is 3.00 bits per heavy atom. The molecular formula is C14H11ClN4O. The largest absolute Gasteiger partial charge is 0.348 e.